The van der Waals surface area contributed by atoms with Crippen LogP contribution in [0.3, 0.4) is 0 Å². The van der Waals surface area contributed by atoms with E-state index in [-0.39, 0.29) is 11.7 Å². The Hall–Kier alpha value is -1.38. The Kier molecular flexibility index (Phi) is 10.5. The van der Waals surface area contributed by atoms with Crippen molar-refractivity contribution in [2.75, 3.05) is 6.61 Å². The first-order valence-corrected chi connectivity index (χ1v) is 13.4. The van der Waals surface area contributed by atoms with Gasteiger partial charge in [-0.2, -0.15) is 4.39 Å². The fourth-order valence-corrected chi connectivity index (χ4v) is 6.03. The van der Waals surface area contributed by atoms with E-state index in [0.29, 0.717) is 12.2 Å². The summed E-state index contributed by atoms with van der Waals surface area (Å²) in [5.74, 6) is 1.28. The summed E-state index contributed by atoms with van der Waals surface area (Å²) in [6, 6.07) is 3.43. The summed E-state index contributed by atoms with van der Waals surface area (Å²) in [7, 11) is 0. The zero-order valence-electron chi connectivity index (χ0n) is 20.4. The minimum atomic E-state index is -0.795. The fraction of sp³-hybridized carbons (Fsp3) is 0.724. The first-order chi connectivity index (χ1) is 15.6. The van der Waals surface area contributed by atoms with Gasteiger partial charge in [0.25, 0.3) is 0 Å². The van der Waals surface area contributed by atoms with Gasteiger partial charge in [-0.3, -0.25) is 0 Å². The van der Waals surface area contributed by atoms with E-state index in [2.05, 4.69) is 26.0 Å². The fourth-order valence-electron chi connectivity index (χ4n) is 6.03. The highest BCUT2D eigenvalue weighted by Crippen LogP contribution is 2.45. The largest absolute Gasteiger partial charge is 0.490 e. The molecule has 2 saturated carbocycles. The van der Waals surface area contributed by atoms with Crippen LogP contribution in [-0.2, 0) is 0 Å². The van der Waals surface area contributed by atoms with E-state index in [1.165, 1.54) is 38.5 Å². The Morgan fingerprint density at radius 1 is 0.875 bits per heavy atom. The first kappa shape index (κ1) is 25.2. The van der Waals surface area contributed by atoms with Gasteiger partial charge < -0.3 is 4.74 Å². The van der Waals surface area contributed by atoms with Crippen LogP contribution >= 0.6 is 0 Å². The molecule has 0 aromatic heterocycles. The van der Waals surface area contributed by atoms with Crippen molar-refractivity contribution in [2.24, 2.45) is 17.8 Å². The molecule has 180 valence electrons. The van der Waals surface area contributed by atoms with Gasteiger partial charge in [-0.15, -0.1) is 0 Å². The molecule has 0 saturated heterocycles. The van der Waals surface area contributed by atoms with Crippen LogP contribution in [-0.4, -0.2) is 6.61 Å². The second-order valence-electron chi connectivity index (χ2n) is 10.2. The van der Waals surface area contributed by atoms with Crippen molar-refractivity contribution in [1.29, 1.82) is 0 Å². The standard InChI is InChI=1S/C29H44F2O/c1-3-5-7-9-21-32-27-20-19-26(28(30)29(27)31)25-17-15-24(16-18-25)23-13-11-22(12-14-23)10-8-6-4-2/h4,6,19-20,22-25H,3,5,7-18,21H2,1-2H3/b6-4+. The second-order valence-corrected chi connectivity index (χ2v) is 10.2. The third-order valence-corrected chi connectivity index (χ3v) is 8.08. The summed E-state index contributed by atoms with van der Waals surface area (Å²) in [6.45, 7) is 4.71. The molecule has 2 aliphatic rings. The summed E-state index contributed by atoms with van der Waals surface area (Å²) in [6.07, 6.45) is 21.1. The molecule has 0 radical (unpaired) electrons. The molecule has 0 amide bonds. The Morgan fingerprint density at radius 2 is 1.56 bits per heavy atom. The molecule has 32 heavy (non-hydrogen) atoms. The molecule has 0 bridgehead atoms. The molecule has 3 rings (SSSR count). The van der Waals surface area contributed by atoms with E-state index in [4.69, 9.17) is 4.74 Å². The van der Waals surface area contributed by atoms with Gasteiger partial charge in [0.1, 0.15) is 0 Å². The number of benzene rings is 1. The molecular weight excluding hydrogens is 402 g/mol. The number of allylic oxidation sites excluding steroid dienone is 2. The number of hydrogen-bond acceptors (Lipinski definition) is 1. The Bertz CT molecular complexity index is 697. The van der Waals surface area contributed by atoms with E-state index in [9.17, 15) is 8.78 Å². The van der Waals surface area contributed by atoms with Crippen LogP contribution < -0.4 is 4.74 Å². The molecular formula is C29H44F2O. The normalized spacial score (nSPS) is 26.5. The average Bonchev–Trinajstić information content (AvgIpc) is 2.82. The van der Waals surface area contributed by atoms with Crippen molar-refractivity contribution in [3.63, 3.8) is 0 Å². The number of unbranched alkanes of at least 4 members (excludes halogenated alkanes) is 3. The number of halogens is 2. The van der Waals surface area contributed by atoms with Crippen LogP contribution in [0.5, 0.6) is 5.75 Å². The van der Waals surface area contributed by atoms with Crippen molar-refractivity contribution in [3.8, 4) is 5.75 Å². The lowest BCUT2D eigenvalue weighted by Gasteiger charge is -2.38. The summed E-state index contributed by atoms with van der Waals surface area (Å²) in [4.78, 5) is 0. The van der Waals surface area contributed by atoms with Crippen LogP contribution in [0.15, 0.2) is 24.3 Å². The Morgan fingerprint density at radius 3 is 2.22 bits per heavy atom. The minimum Gasteiger partial charge on any atom is -0.490 e. The summed E-state index contributed by atoms with van der Waals surface area (Å²) in [5.41, 5.74) is 0.562. The van der Waals surface area contributed by atoms with Crippen LogP contribution in [0.4, 0.5) is 8.78 Å². The van der Waals surface area contributed by atoms with Crippen LogP contribution in [0.2, 0.25) is 0 Å². The van der Waals surface area contributed by atoms with Gasteiger partial charge >= 0.3 is 0 Å². The lowest BCUT2D eigenvalue weighted by molar-refractivity contribution is 0.156. The van der Waals surface area contributed by atoms with Crippen molar-refractivity contribution < 1.29 is 13.5 Å². The van der Waals surface area contributed by atoms with Gasteiger partial charge in [0, 0.05) is 0 Å². The van der Waals surface area contributed by atoms with Crippen molar-refractivity contribution in [1.82, 2.24) is 0 Å². The third kappa shape index (κ3) is 7.06. The molecule has 0 unspecified atom stereocenters. The van der Waals surface area contributed by atoms with Crippen molar-refractivity contribution in [2.45, 2.75) is 110 Å². The number of rotatable bonds is 11. The average molecular weight is 447 g/mol. The summed E-state index contributed by atoms with van der Waals surface area (Å²) >= 11 is 0. The molecule has 1 nitrogen and oxygen atoms in total. The summed E-state index contributed by atoms with van der Waals surface area (Å²) in [5, 5.41) is 0. The first-order valence-electron chi connectivity index (χ1n) is 13.4. The Balaban J connectivity index is 1.45. The minimum absolute atomic E-state index is 0.0719. The van der Waals surface area contributed by atoms with E-state index >= 15 is 0 Å². The lowest BCUT2D eigenvalue weighted by Crippen LogP contribution is -2.25. The highest BCUT2D eigenvalue weighted by molar-refractivity contribution is 5.33. The van der Waals surface area contributed by atoms with Crippen LogP contribution in [0.25, 0.3) is 0 Å². The van der Waals surface area contributed by atoms with E-state index in [0.717, 1.165) is 69.1 Å². The number of ether oxygens (including phenoxy) is 1. The quantitative estimate of drug-likeness (QED) is 0.243. The van der Waals surface area contributed by atoms with Crippen molar-refractivity contribution >= 4 is 0 Å². The molecule has 1 aromatic carbocycles. The molecule has 1 aromatic rings. The molecule has 2 fully saturated rings. The molecule has 0 heterocycles. The monoisotopic (exact) mass is 446 g/mol. The summed E-state index contributed by atoms with van der Waals surface area (Å²) < 4.78 is 35.0. The molecule has 0 aliphatic heterocycles. The molecule has 2 aliphatic carbocycles. The lowest BCUT2D eigenvalue weighted by atomic mass is 9.68. The molecule has 0 spiro atoms. The zero-order chi connectivity index (χ0) is 22.8. The van der Waals surface area contributed by atoms with Gasteiger partial charge in [-0.1, -0.05) is 57.2 Å². The topological polar surface area (TPSA) is 9.23 Å². The van der Waals surface area contributed by atoms with Crippen molar-refractivity contribution in [3.05, 3.63) is 41.5 Å². The smallest absolute Gasteiger partial charge is 0.200 e. The predicted molar refractivity (Wildman–Crippen MR) is 130 cm³/mol. The van der Waals surface area contributed by atoms with Gasteiger partial charge in [0.2, 0.25) is 5.82 Å². The predicted octanol–water partition coefficient (Wildman–Crippen LogP) is 9.36. The van der Waals surface area contributed by atoms with Gasteiger partial charge in [0.15, 0.2) is 11.6 Å². The highest BCUT2D eigenvalue weighted by Gasteiger charge is 2.32. The maximum absolute atomic E-state index is 14.8. The van der Waals surface area contributed by atoms with E-state index in [1.807, 2.05) is 0 Å². The van der Waals surface area contributed by atoms with Gasteiger partial charge in [-0.05, 0) is 100 Å². The maximum atomic E-state index is 14.8. The zero-order valence-corrected chi connectivity index (χ0v) is 20.4. The van der Waals surface area contributed by atoms with Crippen LogP contribution in [0, 0.1) is 29.4 Å². The van der Waals surface area contributed by atoms with Crippen LogP contribution in [0.1, 0.15) is 115 Å². The maximum Gasteiger partial charge on any atom is 0.200 e. The SMILES string of the molecule is C/C=C/CCC1CCC(C2CCC(c3ccc(OCCCCCC)c(F)c3F)CC2)CC1. The second kappa shape index (κ2) is 13.4. The van der Waals surface area contributed by atoms with Gasteiger partial charge in [0.05, 0.1) is 6.61 Å². The molecule has 0 atom stereocenters. The van der Waals surface area contributed by atoms with E-state index in [1.54, 1.807) is 12.1 Å². The van der Waals surface area contributed by atoms with E-state index < -0.39 is 11.6 Å². The molecule has 0 N–H and O–H groups in total. The number of hydrogen-bond donors (Lipinski definition) is 0. The Labute approximate surface area is 195 Å². The van der Waals surface area contributed by atoms with Gasteiger partial charge in [-0.25, -0.2) is 4.39 Å². The molecule has 3 heteroatoms. The highest BCUT2D eigenvalue weighted by atomic mass is 19.2. The third-order valence-electron chi connectivity index (χ3n) is 8.08.